The molecule has 0 aliphatic carbocycles. The number of aromatic nitrogens is 4. The van der Waals surface area contributed by atoms with E-state index in [1.165, 1.54) is 0 Å². The van der Waals surface area contributed by atoms with E-state index in [-0.39, 0.29) is 5.56 Å². The van der Waals surface area contributed by atoms with E-state index in [9.17, 15) is 4.79 Å². The summed E-state index contributed by atoms with van der Waals surface area (Å²) in [5.74, 6) is 1.51. The van der Waals surface area contributed by atoms with Gasteiger partial charge in [-0.3, -0.25) is 9.20 Å². The van der Waals surface area contributed by atoms with Crippen LogP contribution < -0.4 is 5.56 Å². The van der Waals surface area contributed by atoms with Crippen LogP contribution in [0.25, 0.3) is 22.4 Å². The van der Waals surface area contributed by atoms with Crippen molar-refractivity contribution in [2.24, 2.45) is 0 Å². The zero-order valence-electron chi connectivity index (χ0n) is 15.1. The largest absolute Gasteiger partial charge is 0.268 e. The molecule has 0 amide bonds. The Morgan fingerprint density at radius 2 is 1.88 bits per heavy atom. The van der Waals surface area contributed by atoms with Gasteiger partial charge in [0.1, 0.15) is 0 Å². The molecule has 2 aromatic heterocycles. The second-order valence-corrected chi connectivity index (χ2v) is 7.48. The highest BCUT2D eigenvalue weighted by Crippen LogP contribution is 2.24. The van der Waals surface area contributed by atoms with Crippen molar-refractivity contribution in [3.8, 4) is 5.69 Å². The highest BCUT2D eigenvalue weighted by atomic mass is 32.2. The molecule has 2 heterocycles. The molecule has 4 aromatic rings. The van der Waals surface area contributed by atoms with Crippen LogP contribution in [0.3, 0.4) is 0 Å². The average Bonchev–Trinajstić information content (AvgIpc) is 3.05. The molecule has 0 atom stereocenters. The minimum atomic E-state index is -0.0699. The van der Waals surface area contributed by atoms with E-state index in [1.54, 1.807) is 16.3 Å². The molecule has 0 spiro atoms. The van der Waals surface area contributed by atoms with E-state index in [0.29, 0.717) is 11.2 Å². The Kier molecular flexibility index (Phi) is 4.28. The zero-order valence-corrected chi connectivity index (χ0v) is 15.9. The molecule has 0 bridgehead atoms. The van der Waals surface area contributed by atoms with Crippen molar-refractivity contribution in [2.45, 2.75) is 32.3 Å². The van der Waals surface area contributed by atoms with Crippen molar-refractivity contribution in [1.82, 2.24) is 19.2 Å². The van der Waals surface area contributed by atoms with E-state index in [2.05, 4.69) is 23.2 Å². The minimum Gasteiger partial charge on any atom is -0.268 e. The average molecular weight is 364 g/mol. The van der Waals surface area contributed by atoms with Gasteiger partial charge in [0.15, 0.2) is 5.16 Å². The van der Waals surface area contributed by atoms with Gasteiger partial charge in [0.05, 0.1) is 16.6 Å². The lowest BCUT2D eigenvalue weighted by Gasteiger charge is -2.13. The maximum Gasteiger partial charge on any atom is 0.267 e. The molecule has 0 aliphatic heterocycles. The van der Waals surface area contributed by atoms with Gasteiger partial charge < -0.3 is 0 Å². The number of hydrogen-bond donors (Lipinski definition) is 0. The summed E-state index contributed by atoms with van der Waals surface area (Å²) in [5, 5.41) is 10.2. The molecular formula is C20H20N4OS. The second-order valence-electron chi connectivity index (χ2n) is 6.41. The summed E-state index contributed by atoms with van der Waals surface area (Å²) in [4.78, 5) is 13.3. The Bertz CT molecular complexity index is 1180. The molecular weight excluding hydrogens is 344 g/mol. The highest BCUT2D eigenvalue weighted by Gasteiger charge is 2.18. The lowest BCUT2D eigenvalue weighted by Crippen LogP contribution is -2.22. The van der Waals surface area contributed by atoms with Crippen molar-refractivity contribution >= 4 is 28.4 Å². The van der Waals surface area contributed by atoms with Gasteiger partial charge in [-0.15, -0.1) is 10.2 Å². The maximum atomic E-state index is 13.3. The number of benzene rings is 2. The highest BCUT2D eigenvalue weighted by molar-refractivity contribution is 7.99. The number of para-hydroxylation sites is 1. The molecule has 5 nitrogen and oxygen atoms in total. The number of hydrogen-bond acceptors (Lipinski definition) is 4. The van der Waals surface area contributed by atoms with Crippen LogP contribution in [0.5, 0.6) is 0 Å². The van der Waals surface area contributed by atoms with Gasteiger partial charge in [-0.05, 0) is 44.0 Å². The summed E-state index contributed by atoms with van der Waals surface area (Å²) in [5.41, 5.74) is 3.82. The summed E-state index contributed by atoms with van der Waals surface area (Å²) in [6.07, 6.45) is 1.05. The summed E-state index contributed by atoms with van der Waals surface area (Å²) in [6.45, 7) is 6.20. The van der Waals surface area contributed by atoms with Crippen LogP contribution in [0.1, 0.15) is 24.5 Å². The fourth-order valence-electron chi connectivity index (χ4n) is 3.24. The van der Waals surface area contributed by atoms with Crippen LogP contribution in [-0.2, 0) is 0 Å². The van der Waals surface area contributed by atoms with Gasteiger partial charge in [0.25, 0.3) is 5.56 Å². The lowest BCUT2D eigenvalue weighted by molar-refractivity contribution is 0.925. The summed E-state index contributed by atoms with van der Waals surface area (Å²) in [7, 11) is 0. The van der Waals surface area contributed by atoms with Gasteiger partial charge >= 0.3 is 0 Å². The van der Waals surface area contributed by atoms with Crippen LogP contribution in [0.15, 0.2) is 52.4 Å². The van der Waals surface area contributed by atoms with E-state index < -0.39 is 0 Å². The van der Waals surface area contributed by atoms with Crippen LogP contribution >= 0.6 is 11.8 Å². The fraction of sp³-hybridized carbons (Fsp3) is 0.250. The number of thioether (sulfide) groups is 1. The third kappa shape index (κ3) is 2.61. The topological polar surface area (TPSA) is 52.2 Å². The third-order valence-electron chi connectivity index (χ3n) is 4.42. The van der Waals surface area contributed by atoms with Crippen LogP contribution in [0, 0.1) is 13.8 Å². The summed E-state index contributed by atoms with van der Waals surface area (Å²) in [6, 6.07) is 13.7. The summed E-state index contributed by atoms with van der Waals surface area (Å²) < 4.78 is 3.68. The first kappa shape index (κ1) is 16.8. The SMILES string of the molecule is CCCSc1nnc2n(-c3ccc(C)cc3C)c(=O)c3ccccc3n12. The standard InChI is InChI=1S/C20H20N4OS/c1-4-11-26-20-22-21-19-23(16-10-9-13(2)12-14(16)3)18(25)15-7-5-6-8-17(15)24(19)20/h5-10,12H,4,11H2,1-3H3. The molecule has 0 radical (unpaired) electrons. The van der Waals surface area contributed by atoms with E-state index >= 15 is 0 Å². The molecule has 6 heteroatoms. The molecule has 2 aromatic carbocycles. The van der Waals surface area contributed by atoms with Gasteiger partial charge in [-0.25, -0.2) is 4.57 Å². The molecule has 0 N–H and O–H groups in total. The number of rotatable bonds is 4. The first-order valence-electron chi connectivity index (χ1n) is 8.71. The predicted molar refractivity (Wildman–Crippen MR) is 107 cm³/mol. The lowest BCUT2D eigenvalue weighted by atomic mass is 10.1. The van der Waals surface area contributed by atoms with Gasteiger partial charge in [0.2, 0.25) is 5.78 Å². The number of fused-ring (bicyclic) bond motifs is 3. The van der Waals surface area contributed by atoms with E-state index in [4.69, 9.17) is 0 Å². The molecule has 0 saturated carbocycles. The van der Waals surface area contributed by atoms with Crippen LogP contribution in [0.2, 0.25) is 0 Å². The Morgan fingerprint density at radius 1 is 1.08 bits per heavy atom. The normalized spacial score (nSPS) is 11.5. The number of nitrogens with zero attached hydrogens (tertiary/aromatic N) is 4. The Morgan fingerprint density at radius 3 is 2.65 bits per heavy atom. The van der Waals surface area contributed by atoms with Gasteiger partial charge in [0, 0.05) is 5.75 Å². The van der Waals surface area contributed by atoms with E-state index in [1.807, 2.05) is 54.6 Å². The Balaban J connectivity index is 2.14. The first-order valence-corrected chi connectivity index (χ1v) is 9.69. The smallest absolute Gasteiger partial charge is 0.267 e. The van der Waals surface area contributed by atoms with Gasteiger partial charge in [-0.2, -0.15) is 0 Å². The fourth-order valence-corrected chi connectivity index (χ4v) is 4.03. The van der Waals surface area contributed by atoms with E-state index in [0.717, 1.165) is 39.7 Å². The Hall–Kier alpha value is -2.60. The van der Waals surface area contributed by atoms with Crippen molar-refractivity contribution in [2.75, 3.05) is 5.75 Å². The summed E-state index contributed by atoms with van der Waals surface area (Å²) >= 11 is 1.66. The van der Waals surface area contributed by atoms with Crippen LogP contribution in [0.4, 0.5) is 0 Å². The third-order valence-corrected chi connectivity index (χ3v) is 5.56. The molecule has 0 fully saturated rings. The monoisotopic (exact) mass is 364 g/mol. The number of aryl methyl sites for hydroxylation is 2. The molecule has 26 heavy (non-hydrogen) atoms. The predicted octanol–water partition coefficient (Wildman–Crippen LogP) is 4.15. The van der Waals surface area contributed by atoms with Crippen molar-refractivity contribution in [3.63, 3.8) is 0 Å². The quantitative estimate of drug-likeness (QED) is 0.511. The maximum absolute atomic E-state index is 13.3. The molecule has 0 aliphatic rings. The van der Waals surface area contributed by atoms with Crippen LogP contribution in [-0.4, -0.2) is 24.9 Å². The van der Waals surface area contributed by atoms with Gasteiger partial charge in [-0.1, -0.05) is 48.5 Å². The van der Waals surface area contributed by atoms with Crippen molar-refractivity contribution in [3.05, 3.63) is 63.9 Å². The first-order chi connectivity index (χ1) is 12.6. The van der Waals surface area contributed by atoms with Crippen molar-refractivity contribution < 1.29 is 0 Å². The zero-order chi connectivity index (χ0) is 18.3. The molecule has 0 saturated heterocycles. The van der Waals surface area contributed by atoms with Crippen molar-refractivity contribution in [1.29, 1.82) is 0 Å². The minimum absolute atomic E-state index is 0.0699. The Labute approximate surface area is 155 Å². The molecule has 4 rings (SSSR count). The molecule has 0 unspecified atom stereocenters. The molecule has 132 valence electrons. The second kappa shape index (κ2) is 6.61.